The topological polar surface area (TPSA) is 96.2 Å². The second-order valence-corrected chi connectivity index (χ2v) is 11.7. The predicted octanol–water partition coefficient (Wildman–Crippen LogP) is 5.96. The van der Waals surface area contributed by atoms with Crippen molar-refractivity contribution in [2.45, 2.75) is 91.8 Å². The molecule has 1 heterocycles. The lowest BCUT2D eigenvalue weighted by atomic mass is 9.81. The van der Waals surface area contributed by atoms with Crippen LogP contribution in [-0.2, 0) is 14.3 Å². The maximum atomic E-state index is 12.8. The Labute approximate surface area is 242 Å². The van der Waals surface area contributed by atoms with Crippen molar-refractivity contribution < 1.29 is 29.6 Å². The van der Waals surface area contributed by atoms with E-state index in [2.05, 4.69) is 12.7 Å². The lowest BCUT2D eigenvalue weighted by Gasteiger charge is -2.33. The standard InChI is InChI=1S/C34H54O6/c1-10-11-14-25(5)34-28(8)33(38)27(7)20-22(2)19-26(6)32(37)24(4)17-18-29(35)21-30(39-9)23(3)15-12-13-16-31(36)40-34/h10-19,23-30,32-35,37-38H,1,20-21H2,2-9H3/b14-11-,15-12+,16-13-,18-17-,22-19-/t23-,24+,25+,26+,27+,28+,29-,30+,32+,33-,34+/m1/s1. The summed E-state index contributed by atoms with van der Waals surface area (Å²) in [5.74, 6) is -1.31. The van der Waals surface area contributed by atoms with Crippen molar-refractivity contribution in [1.29, 1.82) is 0 Å². The summed E-state index contributed by atoms with van der Waals surface area (Å²) in [7, 11) is 1.62. The zero-order valence-corrected chi connectivity index (χ0v) is 25.8. The van der Waals surface area contributed by atoms with Gasteiger partial charge in [-0.05, 0) is 19.3 Å². The molecule has 40 heavy (non-hydrogen) atoms. The van der Waals surface area contributed by atoms with Gasteiger partial charge in [-0.3, -0.25) is 0 Å². The van der Waals surface area contributed by atoms with E-state index in [-0.39, 0.29) is 41.6 Å². The van der Waals surface area contributed by atoms with E-state index < -0.39 is 30.4 Å². The highest BCUT2D eigenvalue weighted by Crippen LogP contribution is 2.29. The monoisotopic (exact) mass is 558 g/mol. The van der Waals surface area contributed by atoms with E-state index in [1.54, 1.807) is 31.4 Å². The number of aliphatic hydroxyl groups excluding tert-OH is 3. The van der Waals surface area contributed by atoms with Crippen molar-refractivity contribution in [2.24, 2.45) is 35.5 Å². The molecule has 0 bridgehead atoms. The molecule has 1 aliphatic heterocycles. The molecule has 0 unspecified atom stereocenters. The second-order valence-electron chi connectivity index (χ2n) is 11.7. The number of ether oxygens (including phenoxy) is 2. The molecule has 1 aliphatic rings. The number of cyclic esters (lactones) is 1. The van der Waals surface area contributed by atoms with Crippen LogP contribution < -0.4 is 0 Å². The van der Waals surface area contributed by atoms with Crippen LogP contribution in [0.25, 0.3) is 0 Å². The van der Waals surface area contributed by atoms with Gasteiger partial charge in [0.05, 0.1) is 24.4 Å². The van der Waals surface area contributed by atoms with Crippen molar-refractivity contribution in [3.05, 3.63) is 72.9 Å². The Kier molecular flexibility index (Phi) is 16.3. The molecule has 6 heteroatoms. The molecule has 6 nitrogen and oxygen atoms in total. The lowest BCUT2D eigenvalue weighted by Crippen LogP contribution is -2.40. The van der Waals surface area contributed by atoms with E-state index in [1.807, 2.05) is 72.8 Å². The summed E-state index contributed by atoms with van der Waals surface area (Å²) in [5, 5.41) is 32.8. The van der Waals surface area contributed by atoms with Gasteiger partial charge in [-0.25, -0.2) is 4.79 Å². The normalized spacial score (nSPS) is 40.5. The third-order valence-corrected chi connectivity index (χ3v) is 7.99. The Morgan fingerprint density at radius 2 is 1.68 bits per heavy atom. The summed E-state index contributed by atoms with van der Waals surface area (Å²) in [6, 6.07) is 0. The number of esters is 1. The van der Waals surface area contributed by atoms with Gasteiger partial charge in [0.25, 0.3) is 0 Å². The number of carbonyl (C=O) groups excluding carboxylic acids is 1. The molecule has 0 aliphatic carbocycles. The molecular weight excluding hydrogens is 504 g/mol. The van der Waals surface area contributed by atoms with Gasteiger partial charge in [-0.1, -0.05) is 108 Å². The number of rotatable bonds is 4. The third-order valence-electron chi connectivity index (χ3n) is 7.99. The van der Waals surface area contributed by atoms with Gasteiger partial charge in [-0.15, -0.1) is 0 Å². The van der Waals surface area contributed by atoms with E-state index in [0.717, 1.165) is 5.57 Å². The fourth-order valence-corrected chi connectivity index (χ4v) is 5.42. The van der Waals surface area contributed by atoms with Crippen LogP contribution in [0.15, 0.2) is 72.9 Å². The zero-order valence-electron chi connectivity index (χ0n) is 25.8. The predicted molar refractivity (Wildman–Crippen MR) is 163 cm³/mol. The van der Waals surface area contributed by atoms with Gasteiger partial charge in [0, 0.05) is 49.2 Å². The maximum absolute atomic E-state index is 12.8. The van der Waals surface area contributed by atoms with Crippen LogP contribution in [0.5, 0.6) is 0 Å². The molecule has 11 atom stereocenters. The van der Waals surface area contributed by atoms with E-state index >= 15 is 0 Å². The first-order valence-corrected chi connectivity index (χ1v) is 14.6. The van der Waals surface area contributed by atoms with Crippen molar-refractivity contribution in [3.8, 4) is 0 Å². The molecule has 0 saturated carbocycles. The summed E-state index contributed by atoms with van der Waals surface area (Å²) < 4.78 is 11.5. The Morgan fingerprint density at radius 3 is 2.30 bits per heavy atom. The molecule has 3 N–H and O–H groups in total. The number of carbonyl (C=O) groups is 1. The van der Waals surface area contributed by atoms with Crippen LogP contribution in [0.4, 0.5) is 0 Å². The number of hydrogen-bond acceptors (Lipinski definition) is 6. The SMILES string of the molecule is C=C/C=C\[C@H](C)[C@@H]1OC(=O)/C=C\C=C\[C@@H](C)[C@@H](OC)C[C@H](O)/C=C\[C@H](C)[C@H](O)[C@@H](C)/C=C(/C)C[C@H](C)[C@@H](O)[C@@H]1C. The molecule has 0 aromatic carbocycles. The molecule has 0 spiro atoms. The Balaban J connectivity index is 3.36. The highest BCUT2D eigenvalue weighted by Gasteiger charge is 2.33. The summed E-state index contributed by atoms with van der Waals surface area (Å²) in [6.07, 6.45) is 16.0. The number of methoxy groups -OCH3 is 1. The zero-order chi connectivity index (χ0) is 30.4. The third kappa shape index (κ3) is 12.1. The van der Waals surface area contributed by atoms with Crippen molar-refractivity contribution in [2.75, 3.05) is 7.11 Å². The molecular formula is C34H54O6. The molecule has 0 saturated heterocycles. The first-order valence-electron chi connectivity index (χ1n) is 14.6. The molecule has 0 aromatic heterocycles. The fraction of sp³-hybridized carbons (Fsp3) is 0.618. The van der Waals surface area contributed by atoms with Crippen molar-refractivity contribution in [3.63, 3.8) is 0 Å². The minimum atomic E-state index is -0.718. The summed E-state index contributed by atoms with van der Waals surface area (Å²) in [4.78, 5) is 12.8. The lowest BCUT2D eigenvalue weighted by molar-refractivity contribution is -0.151. The van der Waals surface area contributed by atoms with E-state index in [0.29, 0.717) is 12.8 Å². The summed E-state index contributed by atoms with van der Waals surface area (Å²) >= 11 is 0. The van der Waals surface area contributed by atoms with E-state index in [9.17, 15) is 20.1 Å². The molecule has 0 aromatic rings. The van der Waals surface area contributed by atoms with Crippen LogP contribution >= 0.6 is 0 Å². The smallest absolute Gasteiger partial charge is 0.331 e. The van der Waals surface area contributed by atoms with Gasteiger partial charge in [0.15, 0.2) is 0 Å². The molecule has 0 fully saturated rings. The fourth-order valence-electron chi connectivity index (χ4n) is 5.42. The maximum Gasteiger partial charge on any atom is 0.331 e. The molecule has 0 amide bonds. The van der Waals surface area contributed by atoms with Gasteiger partial charge < -0.3 is 24.8 Å². The highest BCUT2D eigenvalue weighted by atomic mass is 16.5. The first kappa shape index (κ1) is 35.8. The van der Waals surface area contributed by atoms with Gasteiger partial charge in [0.2, 0.25) is 0 Å². The minimum absolute atomic E-state index is 0.0174. The Morgan fingerprint density at radius 1 is 1.00 bits per heavy atom. The van der Waals surface area contributed by atoms with Crippen molar-refractivity contribution >= 4 is 5.97 Å². The Bertz CT molecular complexity index is 915. The molecule has 1 rings (SSSR count). The number of allylic oxidation sites excluding steroid dienone is 5. The van der Waals surface area contributed by atoms with Gasteiger partial charge in [-0.2, -0.15) is 0 Å². The quantitative estimate of drug-likeness (QED) is 0.224. The summed E-state index contributed by atoms with van der Waals surface area (Å²) in [5.41, 5.74) is 1.07. The van der Waals surface area contributed by atoms with Crippen LogP contribution in [0.3, 0.4) is 0 Å². The minimum Gasteiger partial charge on any atom is -0.458 e. The highest BCUT2D eigenvalue weighted by molar-refractivity contribution is 5.82. The van der Waals surface area contributed by atoms with Crippen LogP contribution in [0, 0.1) is 35.5 Å². The van der Waals surface area contributed by atoms with Crippen LogP contribution in [-0.4, -0.2) is 58.9 Å². The Hall–Kier alpha value is -2.25. The van der Waals surface area contributed by atoms with E-state index in [1.165, 1.54) is 6.08 Å². The van der Waals surface area contributed by atoms with Crippen LogP contribution in [0.2, 0.25) is 0 Å². The largest absolute Gasteiger partial charge is 0.458 e. The van der Waals surface area contributed by atoms with Gasteiger partial charge in [0.1, 0.15) is 6.10 Å². The number of aliphatic hydroxyl groups is 3. The second kappa shape index (κ2) is 18.2. The van der Waals surface area contributed by atoms with Crippen LogP contribution in [0.1, 0.15) is 61.3 Å². The first-order chi connectivity index (χ1) is 18.8. The van der Waals surface area contributed by atoms with Crippen molar-refractivity contribution in [1.82, 2.24) is 0 Å². The molecule has 226 valence electrons. The van der Waals surface area contributed by atoms with Gasteiger partial charge >= 0.3 is 5.97 Å². The van der Waals surface area contributed by atoms with E-state index in [4.69, 9.17) is 9.47 Å². The average molecular weight is 559 g/mol. The summed E-state index contributed by atoms with van der Waals surface area (Å²) in [6.45, 7) is 17.5. The average Bonchev–Trinajstić information content (AvgIpc) is 2.92. The number of hydrogen-bond donors (Lipinski definition) is 3. The molecule has 0 radical (unpaired) electrons.